The Balaban J connectivity index is 0.000000605. The maximum absolute atomic E-state index is 10.6. The molecule has 0 aliphatic carbocycles. The molecule has 2 rings (SSSR count). The molecule has 0 unspecified atom stereocenters. The van der Waals surface area contributed by atoms with Crippen LogP contribution in [0.15, 0.2) is 33.5 Å². The first kappa shape index (κ1) is 7.60. The average Bonchev–Trinajstić information content (AvgIpc) is 2.27. The summed E-state index contributed by atoms with van der Waals surface area (Å²) in [7, 11) is 0. The van der Waals surface area contributed by atoms with Gasteiger partial charge < -0.3 is 4.42 Å². The zero-order valence-electron chi connectivity index (χ0n) is 5.13. The molecule has 0 saturated carbocycles. The van der Waals surface area contributed by atoms with Gasteiger partial charge in [0.2, 0.25) is 0 Å². The highest BCUT2D eigenvalue weighted by atomic mass is 16.4. The maximum atomic E-state index is 10.6. The molecular weight excluding hydrogens is 142 g/mol. The molecule has 3 nitrogen and oxygen atoms in total. The highest BCUT2D eigenvalue weighted by molar-refractivity contribution is 5.71. The largest absolute Gasteiger partial charge is 0.417 e. The number of para-hydroxylation sites is 2. The van der Waals surface area contributed by atoms with Crippen molar-refractivity contribution < 1.29 is 4.42 Å². The molecule has 1 N–H and O–H groups in total. The second-order valence-corrected chi connectivity index (χ2v) is 2.01. The molecule has 58 valence electrons. The lowest BCUT2D eigenvalue weighted by molar-refractivity contribution is 0.555. The number of H-pyrrole nitrogens is 1. The summed E-state index contributed by atoms with van der Waals surface area (Å²) in [5, 5.41) is 0. The second-order valence-electron chi connectivity index (χ2n) is 2.01. The van der Waals surface area contributed by atoms with E-state index in [2.05, 4.69) is 4.98 Å². The Morgan fingerprint density at radius 3 is 2.73 bits per heavy atom. The van der Waals surface area contributed by atoms with Crippen LogP contribution in [0.1, 0.15) is 7.43 Å². The summed E-state index contributed by atoms with van der Waals surface area (Å²) in [5.74, 6) is -0.402. The van der Waals surface area contributed by atoms with Crippen molar-refractivity contribution in [2.75, 3.05) is 0 Å². The van der Waals surface area contributed by atoms with Gasteiger partial charge in [-0.2, -0.15) is 0 Å². The number of nitrogens with one attached hydrogen (secondary N) is 1. The fourth-order valence-corrected chi connectivity index (χ4v) is 0.894. The van der Waals surface area contributed by atoms with E-state index < -0.39 is 5.76 Å². The first-order chi connectivity index (χ1) is 4.86. The van der Waals surface area contributed by atoms with Crippen LogP contribution in [0.3, 0.4) is 0 Å². The molecule has 0 radical (unpaired) electrons. The molecule has 0 bridgehead atoms. The maximum Gasteiger partial charge on any atom is 0.417 e. The van der Waals surface area contributed by atoms with Crippen LogP contribution < -0.4 is 5.76 Å². The Bertz CT molecular complexity index is 363. The Morgan fingerprint density at radius 1 is 1.27 bits per heavy atom. The summed E-state index contributed by atoms with van der Waals surface area (Å²) in [4.78, 5) is 13.1. The molecular formula is C8H9NO2. The third-order valence-electron chi connectivity index (χ3n) is 1.33. The third kappa shape index (κ3) is 1.17. The van der Waals surface area contributed by atoms with Crippen LogP contribution >= 0.6 is 0 Å². The third-order valence-corrected chi connectivity index (χ3v) is 1.33. The Kier molecular flexibility index (Phi) is 1.81. The molecule has 1 aromatic heterocycles. The summed E-state index contributed by atoms with van der Waals surface area (Å²) in [6, 6.07) is 7.19. The van der Waals surface area contributed by atoms with Crippen molar-refractivity contribution in [3.8, 4) is 0 Å². The Hall–Kier alpha value is -1.51. The van der Waals surface area contributed by atoms with Gasteiger partial charge in [-0.1, -0.05) is 19.6 Å². The van der Waals surface area contributed by atoms with E-state index in [0.29, 0.717) is 5.58 Å². The SMILES string of the molecule is C.O=c1[nH]c2ccccc2o1. The lowest BCUT2D eigenvalue weighted by Crippen LogP contribution is -1.92. The predicted molar refractivity (Wildman–Crippen MR) is 43.6 cm³/mol. The van der Waals surface area contributed by atoms with Crippen LogP contribution in [0, 0.1) is 0 Å². The van der Waals surface area contributed by atoms with E-state index in [1.165, 1.54) is 0 Å². The fraction of sp³-hybridized carbons (Fsp3) is 0.125. The van der Waals surface area contributed by atoms with E-state index in [1.54, 1.807) is 12.1 Å². The minimum absolute atomic E-state index is 0. The van der Waals surface area contributed by atoms with Gasteiger partial charge in [0.25, 0.3) is 0 Å². The molecule has 11 heavy (non-hydrogen) atoms. The molecule has 1 heterocycles. The smallest absolute Gasteiger partial charge is 0.408 e. The summed E-state index contributed by atoms with van der Waals surface area (Å²) in [5.41, 5.74) is 1.35. The van der Waals surface area contributed by atoms with Crippen LogP contribution in [0.25, 0.3) is 11.1 Å². The van der Waals surface area contributed by atoms with Gasteiger partial charge >= 0.3 is 5.76 Å². The average molecular weight is 151 g/mol. The van der Waals surface area contributed by atoms with E-state index >= 15 is 0 Å². The molecule has 1 aromatic carbocycles. The number of fused-ring (bicyclic) bond motifs is 1. The van der Waals surface area contributed by atoms with E-state index in [1.807, 2.05) is 12.1 Å². The number of hydrogen-bond donors (Lipinski definition) is 1. The quantitative estimate of drug-likeness (QED) is 0.623. The molecule has 0 amide bonds. The number of rotatable bonds is 0. The fourth-order valence-electron chi connectivity index (χ4n) is 0.894. The molecule has 0 spiro atoms. The summed E-state index contributed by atoms with van der Waals surface area (Å²) < 4.78 is 4.76. The van der Waals surface area contributed by atoms with Crippen LogP contribution in [0.4, 0.5) is 0 Å². The van der Waals surface area contributed by atoms with Crippen molar-refractivity contribution >= 4 is 11.1 Å². The normalized spacial score (nSPS) is 9.45. The predicted octanol–water partition coefficient (Wildman–Crippen LogP) is 1.76. The van der Waals surface area contributed by atoms with Crippen LogP contribution in [0.5, 0.6) is 0 Å². The number of aromatic nitrogens is 1. The molecule has 0 fully saturated rings. The van der Waals surface area contributed by atoms with E-state index in [0.717, 1.165) is 5.52 Å². The summed E-state index contributed by atoms with van der Waals surface area (Å²) in [6.07, 6.45) is 0. The lowest BCUT2D eigenvalue weighted by atomic mass is 10.3. The lowest BCUT2D eigenvalue weighted by Gasteiger charge is -1.79. The number of oxazole rings is 1. The van der Waals surface area contributed by atoms with Crippen molar-refractivity contribution in [1.82, 2.24) is 4.98 Å². The van der Waals surface area contributed by atoms with E-state index in [4.69, 9.17) is 4.42 Å². The van der Waals surface area contributed by atoms with Crippen LogP contribution in [0.2, 0.25) is 0 Å². The first-order valence-corrected chi connectivity index (χ1v) is 2.94. The topological polar surface area (TPSA) is 46.0 Å². The summed E-state index contributed by atoms with van der Waals surface area (Å²) >= 11 is 0. The molecule has 3 heteroatoms. The van der Waals surface area contributed by atoms with Gasteiger partial charge in [-0.3, -0.25) is 4.98 Å². The van der Waals surface area contributed by atoms with Crippen molar-refractivity contribution in [2.24, 2.45) is 0 Å². The highest BCUT2D eigenvalue weighted by Gasteiger charge is 1.95. The van der Waals surface area contributed by atoms with Crippen molar-refractivity contribution in [2.45, 2.75) is 7.43 Å². The summed E-state index contributed by atoms with van der Waals surface area (Å²) in [6.45, 7) is 0. The van der Waals surface area contributed by atoms with Gasteiger partial charge in [-0.15, -0.1) is 0 Å². The van der Waals surface area contributed by atoms with E-state index in [9.17, 15) is 4.79 Å². The van der Waals surface area contributed by atoms with Gasteiger partial charge in [0.15, 0.2) is 5.58 Å². The van der Waals surface area contributed by atoms with E-state index in [-0.39, 0.29) is 7.43 Å². The van der Waals surface area contributed by atoms with Gasteiger partial charge in [0, 0.05) is 0 Å². The standard InChI is InChI=1S/C7H5NO2.CH4/c9-7-8-5-3-1-2-4-6(5)10-7;/h1-4H,(H,8,9);1H4. The second kappa shape index (κ2) is 2.62. The zero-order valence-corrected chi connectivity index (χ0v) is 5.13. The van der Waals surface area contributed by atoms with Gasteiger partial charge in [-0.25, -0.2) is 4.79 Å². The first-order valence-electron chi connectivity index (χ1n) is 2.94. The minimum Gasteiger partial charge on any atom is -0.408 e. The molecule has 0 saturated heterocycles. The number of benzene rings is 1. The van der Waals surface area contributed by atoms with Crippen LogP contribution in [-0.4, -0.2) is 4.98 Å². The Morgan fingerprint density at radius 2 is 2.00 bits per heavy atom. The zero-order chi connectivity index (χ0) is 6.97. The van der Waals surface area contributed by atoms with Gasteiger partial charge in [0.05, 0.1) is 5.52 Å². The molecule has 2 aromatic rings. The van der Waals surface area contributed by atoms with Crippen molar-refractivity contribution in [3.05, 3.63) is 34.8 Å². The van der Waals surface area contributed by atoms with Crippen molar-refractivity contribution in [1.29, 1.82) is 0 Å². The molecule has 0 aliphatic rings. The Labute approximate surface area is 63.7 Å². The number of hydrogen-bond acceptors (Lipinski definition) is 2. The monoisotopic (exact) mass is 151 g/mol. The van der Waals surface area contributed by atoms with Gasteiger partial charge in [0.1, 0.15) is 0 Å². The van der Waals surface area contributed by atoms with Crippen LogP contribution in [-0.2, 0) is 0 Å². The van der Waals surface area contributed by atoms with Gasteiger partial charge in [-0.05, 0) is 12.1 Å². The molecule has 0 atom stereocenters. The van der Waals surface area contributed by atoms with Crippen molar-refractivity contribution in [3.63, 3.8) is 0 Å². The number of aromatic amines is 1. The minimum atomic E-state index is -0.402. The molecule has 0 aliphatic heterocycles. The highest BCUT2D eigenvalue weighted by Crippen LogP contribution is 2.06.